The summed E-state index contributed by atoms with van der Waals surface area (Å²) in [6, 6.07) is 14.6. The van der Waals surface area contributed by atoms with E-state index in [1.54, 1.807) is 49.9 Å². The maximum absolute atomic E-state index is 13.5. The molecule has 24 heavy (non-hydrogen) atoms. The predicted octanol–water partition coefficient (Wildman–Crippen LogP) is 5.47. The van der Waals surface area contributed by atoms with Crippen molar-refractivity contribution in [2.45, 2.75) is 24.4 Å². The van der Waals surface area contributed by atoms with Crippen LogP contribution in [-0.2, 0) is 13.6 Å². The molecule has 0 aliphatic carbocycles. The van der Waals surface area contributed by atoms with Crippen LogP contribution in [0.15, 0.2) is 53.4 Å². The minimum absolute atomic E-state index is 0.0797. The predicted molar refractivity (Wildman–Crippen MR) is 99.0 cm³/mol. The van der Waals surface area contributed by atoms with Crippen LogP contribution < -0.4 is 0 Å². The van der Waals surface area contributed by atoms with Gasteiger partial charge in [-0.3, -0.25) is 4.57 Å². The first-order valence-electron chi connectivity index (χ1n) is 7.86. The van der Waals surface area contributed by atoms with Gasteiger partial charge in [-0.25, -0.2) is 0 Å². The fourth-order valence-electron chi connectivity index (χ4n) is 2.58. The van der Waals surface area contributed by atoms with Crippen LogP contribution in [0, 0.1) is 0 Å². The molecule has 1 N–H and O–H groups in total. The molecule has 0 radical (unpaired) electrons. The molecular weight excluding hydrogens is 343 g/mol. The molecule has 0 aromatic heterocycles. The first kappa shape index (κ1) is 19.1. The first-order valence-corrected chi connectivity index (χ1v) is 10.7. The zero-order valence-electron chi connectivity index (χ0n) is 14.1. The summed E-state index contributed by atoms with van der Waals surface area (Å²) in [5.41, 5.74) is 0.661. The van der Waals surface area contributed by atoms with Gasteiger partial charge in [0.2, 0.25) is 0 Å². The topological polar surface area (TPSA) is 55.8 Å². The molecule has 130 valence electrons. The molecule has 0 saturated heterocycles. The zero-order chi connectivity index (χ0) is 17.6. The highest BCUT2D eigenvalue weighted by atomic mass is 32.2. The quantitative estimate of drug-likeness (QED) is 0.496. The molecule has 0 saturated carbocycles. The fourth-order valence-corrected chi connectivity index (χ4v) is 5.18. The summed E-state index contributed by atoms with van der Waals surface area (Å²) in [4.78, 5) is 1.11. The lowest BCUT2D eigenvalue weighted by Gasteiger charge is -2.27. The number of hydrogen-bond acceptors (Lipinski definition) is 5. The van der Waals surface area contributed by atoms with Crippen molar-refractivity contribution in [3.63, 3.8) is 0 Å². The molecule has 4 nitrogen and oxygen atoms in total. The van der Waals surface area contributed by atoms with Crippen LogP contribution in [0.4, 0.5) is 0 Å². The maximum atomic E-state index is 13.5. The van der Waals surface area contributed by atoms with Crippen LogP contribution in [0.5, 0.6) is 5.75 Å². The Morgan fingerprint density at radius 2 is 1.62 bits per heavy atom. The second kappa shape index (κ2) is 8.72. The van der Waals surface area contributed by atoms with E-state index in [1.165, 1.54) is 0 Å². The Kier molecular flexibility index (Phi) is 6.93. The molecule has 0 fully saturated rings. The van der Waals surface area contributed by atoms with E-state index in [9.17, 15) is 9.67 Å². The lowest BCUT2D eigenvalue weighted by Crippen LogP contribution is -2.09. The van der Waals surface area contributed by atoms with E-state index < -0.39 is 13.3 Å². The molecular formula is C18H23O4PS. The summed E-state index contributed by atoms with van der Waals surface area (Å²) in [7, 11) is -3.49. The lowest BCUT2D eigenvalue weighted by atomic mass is 10.0. The van der Waals surface area contributed by atoms with Crippen LogP contribution in [0.3, 0.4) is 0 Å². The van der Waals surface area contributed by atoms with Gasteiger partial charge in [-0.1, -0.05) is 30.3 Å². The van der Waals surface area contributed by atoms with Gasteiger partial charge in [0.05, 0.1) is 13.2 Å². The SMILES string of the molecule is CCOP(=O)(OCC)C(c1ccc(SC)cc1)c1ccccc1O. The van der Waals surface area contributed by atoms with Crippen molar-refractivity contribution in [2.24, 2.45) is 0 Å². The second-order valence-electron chi connectivity index (χ2n) is 5.11. The Labute approximate surface area is 147 Å². The van der Waals surface area contributed by atoms with Crippen molar-refractivity contribution in [3.05, 3.63) is 59.7 Å². The minimum Gasteiger partial charge on any atom is -0.508 e. The van der Waals surface area contributed by atoms with Gasteiger partial charge in [0, 0.05) is 10.5 Å². The molecule has 6 heteroatoms. The van der Waals surface area contributed by atoms with E-state index in [0.29, 0.717) is 5.56 Å². The van der Waals surface area contributed by atoms with Gasteiger partial charge in [-0.15, -0.1) is 11.8 Å². The number of phenols is 1. The van der Waals surface area contributed by atoms with Crippen molar-refractivity contribution >= 4 is 19.4 Å². The Morgan fingerprint density at radius 3 is 2.12 bits per heavy atom. The molecule has 2 aromatic carbocycles. The third-order valence-electron chi connectivity index (χ3n) is 3.60. The molecule has 2 aromatic rings. The average Bonchev–Trinajstić information content (AvgIpc) is 2.58. The lowest BCUT2D eigenvalue weighted by molar-refractivity contribution is 0.214. The highest BCUT2D eigenvalue weighted by Gasteiger charge is 2.39. The smallest absolute Gasteiger partial charge is 0.342 e. The molecule has 0 spiro atoms. The number of benzene rings is 2. The zero-order valence-corrected chi connectivity index (χ0v) is 15.8. The van der Waals surface area contributed by atoms with Crippen LogP contribution in [-0.4, -0.2) is 24.6 Å². The highest BCUT2D eigenvalue weighted by Crippen LogP contribution is 2.64. The summed E-state index contributed by atoms with van der Waals surface area (Å²) in [5, 5.41) is 10.3. The Balaban J connectivity index is 2.59. The van der Waals surface area contributed by atoms with Crippen molar-refractivity contribution < 1.29 is 18.7 Å². The standard InChI is InChI=1S/C18H23O4PS/c1-4-21-23(20,22-5-2)18(16-8-6-7-9-17(16)19)14-10-12-15(24-3)13-11-14/h6-13,18-19H,4-5H2,1-3H3. The fraction of sp³-hybridized carbons (Fsp3) is 0.333. The minimum atomic E-state index is -3.49. The third-order valence-corrected chi connectivity index (χ3v) is 6.79. The molecule has 1 unspecified atom stereocenters. The molecule has 1 atom stereocenters. The summed E-state index contributed by atoms with van der Waals surface area (Å²) in [6.45, 7) is 4.10. The molecule has 2 rings (SSSR count). The van der Waals surface area contributed by atoms with Gasteiger partial charge in [0.1, 0.15) is 11.4 Å². The van der Waals surface area contributed by atoms with Crippen LogP contribution in [0.25, 0.3) is 0 Å². The van der Waals surface area contributed by atoms with Gasteiger partial charge < -0.3 is 14.2 Å². The summed E-state index contributed by atoms with van der Waals surface area (Å²) in [5.74, 6) is 0.0797. The number of phenolic OH excluding ortho intramolecular Hbond substituents is 1. The van der Waals surface area contributed by atoms with E-state index in [0.717, 1.165) is 10.5 Å². The summed E-state index contributed by atoms with van der Waals surface area (Å²) < 4.78 is 24.6. The van der Waals surface area contributed by atoms with Crippen LogP contribution in [0.1, 0.15) is 30.6 Å². The van der Waals surface area contributed by atoms with Gasteiger partial charge in [-0.05, 0) is 43.9 Å². The normalized spacial score (nSPS) is 13.0. The van der Waals surface area contributed by atoms with Gasteiger partial charge >= 0.3 is 7.60 Å². The number of rotatable bonds is 8. The monoisotopic (exact) mass is 366 g/mol. The first-order chi connectivity index (χ1) is 11.6. The Morgan fingerprint density at radius 1 is 1.04 bits per heavy atom. The highest BCUT2D eigenvalue weighted by molar-refractivity contribution is 7.98. The van der Waals surface area contributed by atoms with Crippen molar-refractivity contribution in [1.82, 2.24) is 0 Å². The molecule has 0 amide bonds. The third kappa shape index (κ3) is 4.22. The summed E-state index contributed by atoms with van der Waals surface area (Å²) >= 11 is 1.64. The number of para-hydroxylation sites is 1. The van der Waals surface area contributed by atoms with E-state index in [-0.39, 0.29) is 19.0 Å². The molecule has 0 bridgehead atoms. The van der Waals surface area contributed by atoms with Crippen molar-refractivity contribution in [2.75, 3.05) is 19.5 Å². The summed E-state index contributed by atoms with van der Waals surface area (Å²) in [6.07, 6.45) is 2.00. The number of thioether (sulfide) groups is 1. The molecule has 0 aliphatic heterocycles. The average molecular weight is 366 g/mol. The van der Waals surface area contributed by atoms with E-state index >= 15 is 0 Å². The van der Waals surface area contributed by atoms with Crippen molar-refractivity contribution in [3.8, 4) is 5.75 Å². The van der Waals surface area contributed by atoms with E-state index in [4.69, 9.17) is 9.05 Å². The number of aromatic hydroxyl groups is 1. The van der Waals surface area contributed by atoms with E-state index in [1.807, 2.05) is 30.5 Å². The maximum Gasteiger partial charge on any atom is 0.342 e. The largest absolute Gasteiger partial charge is 0.508 e. The Hall–Kier alpha value is -1.26. The molecule has 0 heterocycles. The second-order valence-corrected chi connectivity index (χ2v) is 8.10. The van der Waals surface area contributed by atoms with E-state index in [2.05, 4.69) is 0 Å². The van der Waals surface area contributed by atoms with Gasteiger partial charge in [0.15, 0.2) is 0 Å². The van der Waals surface area contributed by atoms with Gasteiger partial charge in [0.25, 0.3) is 0 Å². The number of hydrogen-bond donors (Lipinski definition) is 1. The van der Waals surface area contributed by atoms with Gasteiger partial charge in [-0.2, -0.15) is 0 Å². The van der Waals surface area contributed by atoms with Crippen LogP contribution in [0.2, 0.25) is 0 Å². The molecule has 0 aliphatic rings. The Bertz CT molecular complexity index is 692. The van der Waals surface area contributed by atoms with Crippen molar-refractivity contribution in [1.29, 1.82) is 0 Å². The van der Waals surface area contributed by atoms with Crippen LogP contribution >= 0.6 is 19.4 Å².